The van der Waals surface area contributed by atoms with Crippen LogP contribution < -0.4 is 10.6 Å². The highest BCUT2D eigenvalue weighted by Crippen LogP contribution is 2.10. The zero-order chi connectivity index (χ0) is 22.2. The van der Waals surface area contributed by atoms with Crippen molar-refractivity contribution in [2.45, 2.75) is 58.8 Å². The number of amides is 2. The van der Waals surface area contributed by atoms with Gasteiger partial charge in [0.2, 0.25) is 11.8 Å². The molecule has 0 aromatic heterocycles. The number of nitrogens with one attached hydrogen (secondary N) is 2. The minimum absolute atomic E-state index is 0.217. The smallest absolute Gasteiger partial charge is 0.222 e. The van der Waals surface area contributed by atoms with Crippen molar-refractivity contribution in [3.8, 4) is 0 Å². The highest BCUT2D eigenvalue weighted by molar-refractivity contribution is 7.98. The second-order valence-corrected chi connectivity index (χ2v) is 9.28. The van der Waals surface area contributed by atoms with Gasteiger partial charge in [0.1, 0.15) is 0 Å². The van der Waals surface area contributed by atoms with Crippen LogP contribution in [0.25, 0.3) is 0 Å². The van der Waals surface area contributed by atoms with Crippen LogP contribution >= 0.6 is 11.8 Å². The van der Waals surface area contributed by atoms with Crippen LogP contribution in [0.5, 0.6) is 0 Å². The molecule has 1 heterocycles. The van der Waals surface area contributed by atoms with Crippen molar-refractivity contribution >= 4 is 29.5 Å². The maximum Gasteiger partial charge on any atom is 0.222 e. The van der Waals surface area contributed by atoms with E-state index in [1.165, 1.54) is 12.2 Å². The molecule has 8 heteroatoms. The van der Waals surface area contributed by atoms with E-state index in [1.807, 2.05) is 21.6 Å². The summed E-state index contributed by atoms with van der Waals surface area (Å²) >= 11 is 1.89. The molecule has 0 spiro atoms. The van der Waals surface area contributed by atoms with Crippen LogP contribution in [0.3, 0.4) is 0 Å². The molecule has 0 aliphatic carbocycles. The molecule has 2 amide bonds. The fourth-order valence-electron chi connectivity index (χ4n) is 3.43. The van der Waals surface area contributed by atoms with Crippen LogP contribution in [0.4, 0.5) is 0 Å². The molecule has 0 bridgehead atoms. The topological polar surface area (TPSA) is 77.0 Å². The summed E-state index contributed by atoms with van der Waals surface area (Å²) in [6.07, 6.45) is 8.68. The van der Waals surface area contributed by atoms with Crippen molar-refractivity contribution in [2.24, 2.45) is 10.9 Å². The first kappa shape index (κ1) is 26.6. The van der Waals surface area contributed by atoms with E-state index in [-0.39, 0.29) is 11.8 Å². The first-order valence-corrected chi connectivity index (χ1v) is 12.9. The summed E-state index contributed by atoms with van der Waals surface area (Å²) in [6, 6.07) is 0. The number of carbonyl (C=O) groups is 2. The van der Waals surface area contributed by atoms with Gasteiger partial charge in [-0.05, 0) is 43.6 Å². The zero-order valence-corrected chi connectivity index (χ0v) is 20.4. The van der Waals surface area contributed by atoms with Crippen LogP contribution in [0.15, 0.2) is 4.99 Å². The van der Waals surface area contributed by atoms with Gasteiger partial charge in [-0.3, -0.25) is 14.6 Å². The molecule has 1 saturated heterocycles. The molecule has 1 aliphatic heterocycles. The molecule has 0 aromatic carbocycles. The number of carbonyl (C=O) groups excluding carboxylic acids is 2. The van der Waals surface area contributed by atoms with Crippen molar-refractivity contribution in [1.82, 2.24) is 20.4 Å². The number of rotatable bonds is 13. The predicted octanol–water partition coefficient (Wildman–Crippen LogP) is 2.57. The highest BCUT2D eigenvalue weighted by Gasteiger charge is 2.23. The summed E-state index contributed by atoms with van der Waals surface area (Å²) in [5.74, 6) is 2.89. The third kappa shape index (κ3) is 11.7. The normalized spacial score (nSPS) is 14.9. The summed E-state index contributed by atoms with van der Waals surface area (Å²) in [7, 11) is 1.80. The van der Waals surface area contributed by atoms with Gasteiger partial charge in [0.25, 0.3) is 0 Å². The molecule has 0 aromatic rings. The van der Waals surface area contributed by atoms with E-state index in [1.54, 1.807) is 7.05 Å². The molecule has 1 rings (SSSR count). The van der Waals surface area contributed by atoms with Gasteiger partial charge in [-0.25, -0.2) is 0 Å². The summed E-state index contributed by atoms with van der Waals surface area (Å²) in [4.78, 5) is 32.6. The minimum Gasteiger partial charge on any atom is -0.356 e. The van der Waals surface area contributed by atoms with Gasteiger partial charge in [-0.2, -0.15) is 11.8 Å². The monoisotopic (exact) mass is 441 g/mol. The molecule has 0 radical (unpaired) electrons. The van der Waals surface area contributed by atoms with Gasteiger partial charge in [0, 0.05) is 59.2 Å². The number of thioether (sulfide) groups is 1. The molecular weight excluding hydrogens is 398 g/mol. The fraction of sp³-hybridized carbons (Fsp3) is 0.864. The fourth-order valence-corrected chi connectivity index (χ4v) is 3.92. The molecule has 30 heavy (non-hydrogen) atoms. The van der Waals surface area contributed by atoms with Crippen molar-refractivity contribution in [3.05, 3.63) is 0 Å². The second kappa shape index (κ2) is 16.3. The Balaban J connectivity index is 2.07. The van der Waals surface area contributed by atoms with Crippen LogP contribution in [0.1, 0.15) is 58.8 Å². The van der Waals surface area contributed by atoms with Gasteiger partial charge in [0.15, 0.2) is 5.96 Å². The lowest BCUT2D eigenvalue weighted by atomic mass is 10.1. The molecule has 2 N–H and O–H groups in total. The van der Waals surface area contributed by atoms with Crippen molar-refractivity contribution in [1.29, 1.82) is 0 Å². The number of hydrogen-bond donors (Lipinski definition) is 2. The Bertz CT molecular complexity index is 520. The third-order valence-corrected chi connectivity index (χ3v) is 5.92. The molecule has 0 atom stereocenters. The highest BCUT2D eigenvalue weighted by atomic mass is 32.2. The van der Waals surface area contributed by atoms with Crippen LogP contribution in [0.2, 0.25) is 0 Å². The van der Waals surface area contributed by atoms with E-state index in [0.717, 1.165) is 44.7 Å². The summed E-state index contributed by atoms with van der Waals surface area (Å²) in [5, 5.41) is 6.68. The Morgan fingerprint density at radius 3 is 2.00 bits per heavy atom. The first-order chi connectivity index (χ1) is 14.5. The number of guanidine groups is 1. The van der Waals surface area contributed by atoms with E-state index >= 15 is 0 Å². The largest absolute Gasteiger partial charge is 0.356 e. The molecule has 1 aliphatic rings. The SMILES string of the molecule is CN=C(NCCCCCC(=O)N1CCN(C(=O)CC(C)C)CC1)NCCCCSC. The average molecular weight is 442 g/mol. The second-order valence-electron chi connectivity index (χ2n) is 8.30. The Hall–Kier alpha value is -1.44. The maximum atomic E-state index is 12.4. The maximum absolute atomic E-state index is 12.4. The van der Waals surface area contributed by atoms with Gasteiger partial charge >= 0.3 is 0 Å². The van der Waals surface area contributed by atoms with Gasteiger partial charge in [-0.1, -0.05) is 20.3 Å². The summed E-state index contributed by atoms with van der Waals surface area (Å²) in [5.41, 5.74) is 0. The molecule has 1 fully saturated rings. The first-order valence-electron chi connectivity index (χ1n) is 11.5. The average Bonchev–Trinajstić information content (AvgIpc) is 2.73. The van der Waals surface area contributed by atoms with Crippen molar-refractivity contribution in [3.63, 3.8) is 0 Å². The minimum atomic E-state index is 0.217. The van der Waals surface area contributed by atoms with E-state index in [0.29, 0.717) is 44.9 Å². The van der Waals surface area contributed by atoms with E-state index in [4.69, 9.17) is 0 Å². The van der Waals surface area contributed by atoms with Gasteiger partial charge in [0.05, 0.1) is 0 Å². The van der Waals surface area contributed by atoms with Crippen LogP contribution in [0, 0.1) is 5.92 Å². The van der Waals surface area contributed by atoms with Gasteiger partial charge < -0.3 is 20.4 Å². The standard InChI is InChI=1S/C22H43N5O2S/c1-19(2)18-21(29)27-15-13-26(14-16-27)20(28)10-6-5-7-11-24-22(23-3)25-12-8-9-17-30-4/h19H,5-18H2,1-4H3,(H2,23,24,25). The molecular formula is C22H43N5O2S. The van der Waals surface area contributed by atoms with Gasteiger partial charge in [-0.15, -0.1) is 0 Å². The van der Waals surface area contributed by atoms with E-state index in [2.05, 4.69) is 35.7 Å². The van der Waals surface area contributed by atoms with E-state index in [9.17, 15) is 9.59 Å². The molecule has 7 nitrogen and oxygen atoms in total. The number of unbranched alkanes of at least 4 members (excludes halogenated alkanes) is 3. The zero-order valence-electron chi connectivity index (χ0n) is 19.5. The molecule has 0 saturated carbocycles. The quantitative estimate of drug-likeness (QED) is 0.261. The lowest BCUT2D eigenvalue weighted by Crippen LogP contribution is -2.50. The molecule has 174 valence electrons. The summed E-state index contributed by atoms with van der Waals surface area (Å²) < 4.78 is 0. The molecule has 0 unspecified atom stereocenters. The number of nitrogens with zero attached hydrogens (tertiary/aromatic N) is 3. The Morgan fingerprint density at radius 2 is 1.47 bits per heavy atom. The Kier molecular flexibility index (Phi) is 14.4. The van der Waals surface area contributed by atoms with E-state index < -0.39 is 0 Å². The predicted molar refractivity (Wildman–Crippen MR) is 128 cm³/mol. The van der Waals surface area contributed by atoms with Crippen molar-refractivity contribution < 1.29 is 9.59 Å². The Labute approximate surface area is 187 Å². The van der Waals surface area contributed by atoms with Crippen LogP contribution in [-0.4, -0.2) is 85.9 Å². The number of aliphatic imine (C=N–C) groups is 1. The van der Waals surface area contributed by atoms with Crippen molar-refractivity contribution in [2.75, 3.05) is 58.3 Å². The lowest BCUT2D eigenvalue weighted by molar-refractivity contribution is -0.140. The van der Waals surface area contributed by atoms with Crippen LogP contribution in [-0.2, 0) is 9.59 Å². The third-order valence-electron chi connectivity index (χ3n) is 5.22. The Morgan fingerprint density at radius 1 is 0.900 bits per heavy atom. The summed E-state index contributed by atoms with van der Waals surface area (Å²) in [6.45, 7) is 8.63. The number of hydrogen-bond acceptors (Lipinski definition) is 4. The lowest BCUT2D eigenvalue weighted by Gasteiger charge is -2.35. The number of piperazine rings is 1.